The molecule has 144 valence electrons. The number of halogens is 1. The van der Waals surface area contributed by atoms with E-state index in [1.807, 2.05) is 48.5 Å². The van der Waals surface area contributed by atoms with Crippen LogP contribution in [0.1, 0.15) is 11.3 Å². The molecule has 0 saturated carbocycles. The molecule has 0 aliphatic carbocycles. The van der Waals surface area contributed by atoms with E-state index in [0.717, 1.165) is 44.9 Å². The maximum Gasteiger partial charge on any atom is 0.183 e. The van der Waals surface area contributed by atoms with Gasteiger partial charge in [-0.2, -0.15) is 0 Å². The van der Waals surface area contributed by atoms with Gasteiger partial charge in [-0.1, -0.05) is 23.7 Å². The Morgan fingerprint density at radius 2 is 1.72 bits per heavy atom. The molecule has 6 nitrogen and oxygen atoms in total. The van der Waals surface area contributed by atoms with Gasteiger partial charge >= 0.3 is 0 Å². The summed E-state index contributed by atoms with van der Waals surface area (Å²) in [6.07, 6.45) is 1.70. The summed E-state index contributed by atoms with van der Waals surface area (Å²) in [7, 11) is 1.66. The van der Waals surface area contributed by atoms with Gasteiger partial charge in [0.05, 0.1) is 17.5 Å². The van der Waals surface area contributed by atoms with Gasteiger partial charge in [0.2, 0.25) is 0 Å². The third kappa shape index (κ3) is 2.68. The summed E-state index contributed by atoms with van der Waals surface area (Å²) in [5.74, 6) is 1.40. The minimum atomic E-state index is 0.583. The standard InChI is InChI=1S/C22H18ClN5O/c1-13-14(2)28(15-8-10-16(29-3)11-9-15)21-19(13)22-25-20(26-27(22)12-24-21)17-6-4-5-7-18(17)23/h4-12H,1-3H3. The summed E-state index contributed by atoms with van der Waals surface area (Å²) in [6.45, 7) is 4.17. The van der Waals surface area contributed by atoms with Crippen molar-refractivity contribution in [3.05, 3.63) is 71.1 Å². The lowest BCUT2D eigenvalue weighted by Crippen LogP contribution is -1.99. The number of fused-ring (bicyclic) bond motifs is 3. The quantitative estimate of drug-likeness (QED) is 0.424. The van der Waals surface area contributed by atoms with Crippen LogP contribution in [-0.4, -0.2) is 31.3 Å². The molecule has 0 spiro atoms. The highest BCUT2D eigenvalue weighted by atomic mass is 35.5. The number of hydrogen-bond acceptors (Lipinski definition) is 4. The molecule has 0 unspecified atom stereocenters. The second kappa shape index (κ2) is 6.60. The first kappa shape index (κ1) is 17.7. The maximum absolute atomic E-state index is 6.35. The van der Waals surface area contributed by atoms with Gasteiger partial charge in [0.1, 0.15) is 12.1 Å². The van der Waals surface area contributed by atoms with Gasteiger partial charge in [0.15, 0.2) is 17.1 Å². The van der Waals surface area contributed by atoms with E-state index in [1.54, 1.807) is 18.0 Å². The zero-order chi connectivity index (χ0) is 20.1. The van der Waals surface area contributed by atoms with Gasteiger partial charge < -0.3 is 4.74 Å². The first-order chi connectivity index (χ1) is 14.1. The van der Waals surface area contributed by atoms with Crippen molar-refractivity contribution in [3.8, 4) is 22.8 Å². The molecule has 0 saturated heterocycles. The van der Waals surface area contributed by atoms with Crippen LogP contribution in [0.25, 0.3) is 33.8 Å². The van der Waals surface area contributed by atoms with Crippen molar-refractivity contribution in [2.45, 2.75) is 13.8 Å². The van der Waals surface area contributed by atoms with Crippen LogP contribution in [0.3, 0.4) is 0 Å². The Bertz CT molecular complexity index is 1370. The Balaban J connectivity index is 1.77. The summed E-state index contributed by atoms with van der Waals surface area (Å²) in [6, 6.07) is 15.5. The lowest BCUT2D eigenvalue weighted by molar-refractivity contribution is 0.415. The van der Waals surface area contributed by atoms with Crippen LogP contribution in [0, 0.1) is 13.8 Å². The number of benzene rings is 2. The Kier molecular flexibility index (Phi) is 4.03. The van der Waals surface area contributed by atoms with E-state index in [4.69, 9.17) is 26.3 Å². The first-order valence-corrected chi connectivity index (χ1v) is 9.58. The van der Waals surface area contributed by atoms with Gasteiger partial charge in [-0.15, -0.1) is 5.10 Å². The number of aryl methyl sites for hydroxylation is 1. The van der Waals surface area contributed by atoms with Crippen molar-refractivity contribution in [2.24, 2.45) is 0 Å². The minimum Gasteiger partial charge on any atom is -0.497 e. The van der Waals surface area contributed by atoms with Crippen molar-refractivity contribution >= 4 is 28.3 Å². The number of methoxy groups -OCH3 is 1. The molecule has 0 atom stereocenters. The third-order valence-electron chi connectivity index (χ3n) is 5.28. The Morgan fingerprint density at radius 3 is 2.45 bits per heavy atom. The van der Waals surface area contributed by atoms with E-state index < -0.39 is 0 Å². The van der Waals surface area contributed by atoms with E-state index in [0.29, 0.717) is 10.8 Å². The van der Waals surface area contributed by atoms with Crippen LogP contribution < -0.4 is 4.74 Å². The Hall–Kier alpha value is -3.38. The van der Waals surface area contributed by atoms with Crippen molar-refractivity contribution in [1.29, 1.82) is 0 Å². The number of aromatic nitrogens is 5. The largest absolute Gasteiger partial charge is 0.497 e. The summed E-state index contributed by atoms with van der Waals surface area (Å²) < 4.78 is 9.13. The molecular weight excluding hydrogens is 386 g/mol. The monoisotopic (exact) mass is 403 g/mol. The van der Waals surface area contributed by atoms with Gasteiger partial charge in [-0.3, -0.25) is 4.57 Å². The highest BCUT2D eigenvalue weighted by molar-refractivity contribution is 6.33. The predicted octanol–water partition coefficient (Wildman–Crippen LogP) is 5.01. The second-order valence-corrected chi connectivity index (χ2v) is 7.28. The zero-order valence-electron chi connectivity index (χ0n) is 16.2. The third-order valence-corrected chi connectivity index (χ3v) is 5.61. The molecule has 3 aromatic heterocycles. The molecule has 29 heavy (non-hydrogen) atoms. The van der Waals surface area contributed by atoms with Crippen LogP contribution in [-0.2, 0) is 0 Å². The van der Waals surface area contributed by atoms with Crippen LogP contribution in [0.5, 0.6) is 5.75 Å². The van der Waals surface area contributed by atoms with Gasteiger partial charge in [-0.05, 0) is 55.8 Å². The fourth-order valence-corrected chi connectivity index (χ4v) is 3.88. The van der Waals surface area contributed by atoms with E-state index >= 15 is 0 Å². The number of hydrogen-bond donors (Lipinski definition) is 0. The lowest BCUT2D eigenvalue weighted by Gasteiger charge is -2.08. The molecule has 0 bridgehead atoms. The smallest absolute Gasteiger partial charge is 0.183 e. The topological polar surface area (TPSA) is 57.2 Å². The summed E-state index contributed by atoms with van der Waals surface area (Å²) in [4.78, 5) is 9.50. The van der Waals surface area contributed by atoms with Crippen LogP contribution >= 0.6 is 11.6 Å². The summed E-state index contributed by atoms with van der Waals surface area (Å²) in [5, 5.41) is 6.20. The maximum atomic E-state index is 6.35. The van der Waals surface area contributed by atoms with Gasteiger partial charge in [0, 0.05) is 16.9 Å². The average molecular weight is 404 g/mol. The molecule has 0 aliphatic rings. The summed E-state index contributed by atoms with van der Waals surface area (Å²) in [5.41, 5.74) is 5.65. The first-order valence-electron chi connectivity index (χ1n) is 9.21. The molecule has 0 aliphatic heterocycles. The second-order valence-electron chi connectivity index (χ2n) is 6.87. The molecule has 5 aromatic rings. The number of nitrogens with zero attached hydrogens (tertiary/aromatic N) is 5. The van der Waals surface area contributed by atoms with Crippen LogP contribution in [0.2, 0.25) is 5.02 Å². The van der Waals surface area contributed by atoms with E-state index in [2.05, 4.69) is 23.5 Å². The van der Waals surface area contributed by atoms with Crippen LogP contribution in [0.15, 0.2) is 54.9 Å². The Labute approximate surface area is 172 Å². The minimum absolute atomic E-state index is 0.583. The normalized spacial score (nSPS) is 11.4. The Morgan fingerprint density at radius 1 is 0.966 bits per heavy atom. The SMILES string of the molecule is COc1ccc(-n2c(C)c(C)c3c2ncn2nc(-c4ccccc4Cl)nc32)cc1. The number of ether oxygens (including phenoxy) is 1. The van der Waals surface area contributed by atoms with Gasteiger partial charge in [0.25, 0.3) is 0 Å². The van der Waals surface area contributed by atoms with Crippen molar-refractivity contribution in [1.82, 2.24) is 24.1 Å². The fraction of sp³-hybridized carbons (Fsp3) is 0.136. The van der Waals surface area contributed by atoms with Gasteiger partial charge in [-0.25, -0.2) is 14.5 Å². The molecule has 7 heteroatoms. The molecule has 0 N–H and O–H groups in total. The van der Waals surface area contributed by atoms with E-state index in [-0.39, 0.29) is 0 Å². The molecule has 2 aromatic carbocycles. The molecule has 0 radical (unpaired) electrons. The summed E-state index contributed by atoms with van der Waals surface area (Å²) >= 11 is 6.35. The predicted molar refractivity (Wildman–Crippen MR) is 114 cm³/mol. The fourth-order valence-electron chi connectivity index (χ4n) is 3.66. The highest BCUT2D eigenvalue weighted by Gasteiger charge is 2.19. The van der Waals surface area contributed by atoms with Crippen molar-refractivity contribution < 1.29 is 4.74 Å². The molecule has 0 amide bonds. The molecule has 3 heterocycles. The zero-order valence-corrected chi connectivity index (χ0v) is 17.0. The van der Waals surface area contributed by atoms with E-state index in [1.165, 1.54) is 0 Å². The molecule has 0 fully saturated rings. The molecular formula is C22H18ClN5O. The van der Waals surface area contributed by atoms with E-state index in [9.17, 15) is 0 Å². The molecule has 5 rings (SSSR count). The average Bonchev–Trinajstić information content (AvgIpc) is 3.28. The van der Waals surface area contributed by atoms with Crippen molar-refractivity contribution in [3.63, 3.8) is 0 Å². The lowest BCUT2D eigenvalue weighted by atomic mass is 10.2. The highest BCUT2D eigenvalue weighted by Crippen LogP contribution is 2.32. The van der Waals surface area contributed by atoms with Crippen LogP contribution in [0.4, 0.5) is 0 Å². The van der Waals surface area contributed by atoms with Crippen molar-refractivity contribution in [2.75, 3.05) is 7.11 Å². The number of rotatable bonds is 3.